The van der Waals surface area contributed by atoms with E-state index in [-0.39, 0.29) is 5.60 Å². The van der Waals surface area contributed by atoms with E-state index in [4.69, 9.17) is 4.74 Å². The Morgan fingerprint density at radius 1 is 0.958 bits per heavy atom. The highest BCUT2D eigenvalue weighted by Crippen LogP contribution is 2.33. The Morgan fingerprint density at radius 2 is 1.79 bits per heavy atom. The lowest BCUT2D eigenvalue weighted by atomic mass is 9.94. The molecule has 4 rings (SSSR count). The third-order valence-corrected chi connectivity index (χ3v) is 5.30. The number of nitrogens with one attached hydrogen (secondary N) is 1. The Hall–Kier alpha value is -1.84. The molecule has 2 heterocycles. The molecule has 0 bridgehead atoms. The molecule has 24 heavy (non-hydrogen) atoms. The van der Waals surface area contributed by atoms with E-state index in [0.29, 0.717) is 0 Å². The lowest BCUT2D eigenvalue weighted by molar-refractivity contribution is 0.0576. The fourth-order valence-corrected chi connectivity index (χ4v) is 3.95. The van der Waals surface area contributed by atoms with Crippen molar-refractivity contribution >= 4 is 0 Å². The number of para-hydroxylation sites is 1. The Morgan fingerprint density at radius 3 is 2.71 bits per heavy atom. The van der Waals surface area contributed by atoms with Gasteiger partial charge in [-0.3, -0.25) is 4.90 Å². The third-order valence-electron chi connectivity index (χ3n) is 5.30. The largest absolute Gasteiger partial charge is 0.486 e. The minimum absolute atomic E-state index is 0.0575. The van der Waals surface area contributed by atoms with Crippen molar-refractivity contribution in [2.75, 3.05) is 19.6 Å². The van der Waals surface area contributed by atoms with Gasteiger partial charge in [-0.2, -0.15) is 0 Å². The summed E-state index contributed by atoms with van der Waals surface area (Å²) in [7, 11) is 0. The second-order valence-corrected chi connectivity index (χ2v) is 7.11. The van der Waals surface area contributed by atoms with Gasteiger partial charge in [0.25, 0.3) is 0 Å². The molecule has 126 valence electrons. The second kappa shape index (κ2) is 6.96. The van der Waals surface area contributed by atoms with Crippen LogP contribution in [0.4, 0.5) is 0 Å². The van der Waals surface area contributed by atoms with Crippen molar-refractivity contribution in [2.45, 2.75) is 38.0 Å². The number of rotatable bonds is 2. The van der Waals surface area contributed by atoms with Crippen LogP contribution in [0.15, 0.2) is 54.6 Å². The Kier molecular flexibility index (Phi) is 4.54. The van der Waals surface area contributed by atoms with E-state index < -0.39 is 0 Å². The van der Waals surface area contributed by atoms with Gasteiger partial charge < -0.3 is 10.1 Å². The maximum Gasteiger partial charge on any atom is 0.124 e. The summed E-state index contributed by atoms with van der Waals surface area (Å²) in [4.78, 5) is 2.57. The highest BCUT2D eigenvalue weighted by atomic mass is 16.5. The van der Waals surface area contributed by atoms with Crippen LogP contribution in [0.1, 0.15) is 30.4 Å². The minimum atomic E-state index is -0.0575. The number of fused-ring (bicyclic) bond motifs is 1. The van der Waals surface area contributed by atoms with Crippen molar-refractivity contribution in [3.8, 4) is 5.75 Å². The first kappa shape index (κ1) is 15.7. The molecular weight excluding hydrogens is 296 g/mol. The summed E-state index contributed by atoms with van der Waals surface area (Å²) in [5.41, 5.74) is 2.62. The summed E-state index contributed by atoms with van der Waals surface area (Å²) in [6, 6.07) is 19.3. The predicted molar refractivity (Wildman–Crippen MR) is 97.1 cm³/mol. The molecule has 2 aliphatic rings. The van der Waals surface area contributed by atoms with E-state index >= 15 is 0 Å². The average molecular weight is 322 g/mol. The van der Waals surface area contributed by atoms with E-state index in [1.165, 1.54) is 17.5 Å². The topological polar surface area (TPSA) is 24.5 Å². The first-order chi connectivity index (χ1) is 11.8. The number of likely N-dealkylation sites (tertiary alicyclic amines) is 1. The maximum absolute atomic E-state index is 6.57. The molecule has 0 amide bonds. The molecule has 0 aromatic heterocycles. The van der Waals surface area contributed by atoms with Crippen molar-refractivity contribution in [1.82, 2.24) is 10.2 Å². The van der Waals surface area contributed by atoms with Gasteiger partial charge in [0.05, 0.1) is 0 Å². The van der Waals surface area contributed by atoms with Crippen LogP contribution in [0.25, 0.3) is 0 Å². The van der Waals surface area contributed by atoms with E-state index in [2.05, 4.69) is 64.8 Å². The Balaban J connectivity index is 1.46. The SMILES string of the molecule is c1ccc(CN2CCCC3(CC2)CNCc2ccccc2O3)cc1. The molecule has 1 fully saturated rings. The van der Waals surface area contributed by atoms with Gasteiger partial charge in [-0.15, -0.1) is 0 Å². The van der Waals surface area contributed by atoms with Crippen LogP contribution in [-0.4, -0.2) is 30.1 Å². The van der Waals surface area contributed by atoms with Crippen LogP contribution < -0.4 is 10.1 Å². The van der Waals surface area contributed by atoms with Gasteiger partial charge in [0.15, 0.2) is 0 Å². The van der Waals surface area contributed by atoms with E-state index in [1.807, 2.05) is 0 Å². The van der Waals surface area contributed by atoms with E-state index in [1.54, 1.807) is 0 Å². The first-order valence-corrected chi connectivity index (χ1v) is 9.07. The lowest BCUT2D eigenvalue weighted by Crippen LogP contribution is -2.44. The van der Waals surface area contributed by atoms with Crippen molar-refractivity contribution in [3.63, 3.8) is 0 Å². The van der Waals surface area contributed by atoms with Gasteiger partial charge in [0.2, 0.25) is 0 Å². The van der Waals surface area contributed by atoms with Crippen LogP contribution in [0, 0.1) is 0 Å². The summed E-state index contributed by atoms with van der Waals surface area (Å²) in [5, 5.41) is 3.61. The third kappa shape index (κ3) is 3.47. The second-order valence-electron chi connectivity index (χ2n) is 7.11. The molecule has 1 unspecified atom stereocenters. The molecule has 2 aromatic carbocycles. The van der Waals surface area contributed by atoms with Crippen LogP contribution in [-0.2, 0) is 13.1 Å². The zero-order valence-electron chi connectivity index (χ0n) is 14.2. The van der Waals surface area contributed by atoms with E-state index in [0.717, 1.165) is 51.3 Å². The zero-order chi connectivity index (χ0) is 16.2. The Labute approximate surface area is 144 Å². The van der Waals surface area contributed by atoms with Gasteiger partial charge in [-0.1, -0.05) is 48.5 Å². The van der Waals surface area contributed by atoms with Crippen molar-refractivity contribution in [2.24, 2.45) is 0 Å². The fraction of sp³-hybridized carbons (Fsp3) is 0.429. The first-order valence-electron chi connectivity index (χ1n) is 9.07. The van der Waals surface area contributed by atoms with Crippen LogP contribution >= 0.6 is 0 Å². The van der Waals surface area contributed by atoms with Crippen LogP contribution in [0.2, 0.25) is 0 Å². The van der Waals surface area contributed by atoms with Crippen molar-refractivity contribution in [3.05, 3.63) is 65.7 Å². The number of hydrogen-bond donors (Lipinski definition) is 1. The molecule has 0 aliphatic carbocycles. The van der Waals surface area contributed by atoms with E-state index in [9.17, 15) is 0 Å². The zero-order valence-corrected chi connectivity index (χ0v) is 14.2. The molecule has 1 atom stereocenters. The number of ether oxygens (including phenoxy) is 1. The molecule has 0 saturated carbocycles. The van der Waals surface area contributed by atoms with Gasteiger partial charge >= 0.3 is 0 Å². The lowest BCUT2D eigenvalue weighted by Gasteiger charge is -2.32. The molecular formula is C21H26N2O. The molecule has 3 nitrogen and oxygen atoms in total. The summed E-state index contributed by atoms with van der Waals surface area (Å²) in [5.74, 6) is 1.07. The van der Waals surface area contributed by atoms with Crippen LogP contribution in [0.3, 0.4) is 0 Å². The molecule has 1 N–H and O–H groups in total. The van der Waals surface area contributed by atoms with Gasteiger partial charge in [0.1, 0.15) is 11.4 Å². The van der Waals surface area contributed by atoms with Crippen molar-refractivity contribution in [1.29, 1.82) is 0 Å². The maximum atomic E-state index is 6.57. The highest BCUT2D eigenvalue weighted by Gasteiger charge is 2.36. The summed E-state index contributed by atoms with van der Waals surface area (Å²) >= 11 is 0. The number of nitrogens with zero attached hydrogens (tertiary/aromatic N) is 1. The Bertz CT molecular complexity index is 673. The molecule has 3 heteroatoms. The van der Waals surface area contributed by atoms with Crippen molar-refractivity contribution < 1.29 is 4.74 Å². The standard InChI is InChI=1S/C21H26N2O/c1-2-7-18(8-3-1)16-23-13-6-11-21(12-14-23)17-22-15-19-9-4-5-10-20(19)24-21/h1-5,7-10,22H,6,11-17H2. The monoisotopic (exact) mass is 322 g/mol. The smallest absolute Gasteiger partial charge is 0.124 e. The summed E-state index contributed by atoms with van der Waals surface area (Å²) in [6.45, 7) is 5.15. The quantitative estimate of drug-likeness (QED) is 0.914. The fourth-order valence-electron chi connectivity index (χ4n) is 3.95. The minimum Gasteiger partial charge on any atom is -0.486 e. The van der Waals surface area contributed by atoms with Gasteiger partial charge in [-0.05, 0) is 31.0 Å². The molecule has 2 aliphatic heterocycles. The molecule has 2 aromatic rings. The normalized spacial score (nSPS) is 24.7. The number of hydrogen-bond acceptors (Lipinski definition) is 3. The molecule has 0 radical (unpaired) electrons. The van der Waals surface area contributed by atoms with Gasteiger partial charge in [-0.25, -0.2) is 0 Å². The molecule has 1 saturated heterocycles. The summed E-state index contributed by atoms with van der Waals surface area (Å²) in [6.07, 6.45) is 3.40. The van der Waals surface area contributed by atoms with Crippen LogP contribution in [0.5, 0.6) is 5.75 Å². The molecule has 1 spiro atoms. The predicted octanol–water partition coefficient (Wildman–Crippen LogP) is 3.59. The average Bonchev–Trinajstić information content (AvgIpc) is 2.92. The van der Waals surface area contributed by atoms with Gasteiger partial charge in [0, 0.05) is 38.2 Å². The highest BCUT2D eigenvalue weighted by molar-refractivity contribution is 5.34. The summed E-state index contributed by atoms with van der Waals surface area (Å²) < 4.78 is 6.57. The number of benzene rings is 2.